The molecular formula is C40H53Cl2N5O8. The Morgan fingerprint density at radius 2 is 1.62 bits per heavy atom. The van der Waals surface area contributed by atoms with Gasteiger partial charge in [0.25, 0.3) is 5.91 Å². The van der Waals surface area contributed by atoms with E-state index in [4.69, 9.17) is 37.5 Å². The maximum absolute atomic E-state index is 13.5. The Balaban J connectivity index is 2.45. The summed E-state index contributed by atoms with van der Waals surface area (Å²) in [4.78, 5) is 62.2. The highest BCUT2D eigenvalue weighted by molar-refractivity contribution is 6.40. The van der Waals surface area contributed by atoms with Gasteiger partial charge in [-0.2, -0.15) is 4.99 Å². The van der Waals surface area contributed by atoms with E-state index in [0.29, 0.717) is 29.9 Å². The zero-order valence-electron chi connectivity index (χ0n) is 32.6. The molecule has 1 atom stereocenters. The lowest BCUT2D eigenvalue weighted by atomic mass is 9.75. The van der Waals surface area contributed by atoms with Gasteiger partial charge in [0.2, 0.25) is 5.91 Å². The van der Waals surface area contributed by atoms with Crippen LogP contribution < -0.4 is 20.9 Å². The van der Waals surface area contributed by atoms with Crippen LogP contribution in [0, 0.1) is 5.41 Å². The minimum atomic E-state index is -1.54. The number of nitrogens with one attached hydrogen (secondary N) is 3. The summed E-state index contributed by atoms with van der Waals surface area (Å²) in [7, 11) is 0. The van der Waals surface area contributed by atoms with Crippen molar-refractivity contribution in [3.8, 4) is 5.75 Å². The molecule has 4 amide bonds. The molecule has 0 radical (unpaired) electrons. The Labute approximate surface area is 333 Å². The van der Waals surface area contributed by atoms with Crippen LogP contribution in [-0.2, 0) is 19.2 Å². The van der Waals surface area contributed by atoms with Crippen molar-refractivity contribution in [1.82, 2.24) is 15.7 Å². The fourth-order valence-electron chi connectivity index (χ4n) is 5.22. The van der Waals surface area contributed by atoms with E-state index in [9.17, 15) is 24.3 Å². The van der Waals surface area contributed by atoms with Crippen molar-refractivity contribution < 1.29 is 38.6 Å². The number of hydrogen-bond donors (Lipinski definition) is 4. The van der Waals surface area contributed by atoms with E-state index < -0.39 is 40.9 Å². The van der Waals surface area contributed by atoms with E-state index in [0.717, 1.165) is 12.8 Å². The van der Waals surface area contributed by atoms with Crippen molar-refractivity contribution in [2.75, 3.05) is 31.6 Å². The Kier molecular flexibility index (Phi) is 18.4. The standard InChI is InChI=1S/C40H53Cl2N5O8/c1-10-13-14-15-20-47(38(52)55-40(7,8)9)25-33(49)43-35-29(41)22-27(23-30(35)42)34(39(4,5)6)36(45-37(50)51)44-32(48)24-31(46-54-12-3)26-16-18-28(19-17-26)53-21-11-2/h10-11,16-19,22-24,34,46H,1-2,12-15,20-21,25H2,3-9H3,(H,43,49)(H,50,51)(H,44,45,48). The number of anilines is 1. The van der Waals surface area contributed by atoms with Crippen LogP contribution in [0.4, 0.5) is 15.3 Å². The van der Waals surface area contributed by atoms with Crippen LogP contribution in [0.25, 0.3) is 5.70 Å². The highest BCUT2D eigenvalue weighted by Gasteiger charge is 2.34. The third kappa shape index (κ3) is 16.2. The lowest BCUT2D eigenvalue weighted by Gasteiger charge is -2.32. The maximum Gasteiger partial charge on any atom is 0.432 e. The van der Waals surface area contributed by atoms with Gasteiger partial charge in [0.05, 0.1) is 28.0 Å². The molecule has 0 saturated carbocycles. The number of nitrogens with zero attached hydrogens (tertiary/aromatic N) is 2. The van der Waals surface area contributed by atoms with Gasteiger partial charge >= 0.3 is 12.2 Å². The van der Waals surface area contributed by atoms with Gasteiger partial charge in [0.15, 0.2) is 0 Å². The predicted molar refractivity (Wildman–Crippen MR) is 218 cm³/mol. The molecule has 4 N–H and O–H groups in total. The smallest absolute Gasteiger partial charge is 0.432 e. The number of allylic oxidation sites excluding steroid dienone is 1. The molecule has 2 aromatic rings. The predicted octanol–water partition coefficient (Wildman–Crippen LogP) is 8.99. The molecule has 15 heteroatoms. The first-order valence-corrected chi connectivity index (χ1v) is 18.5. The molecule has 0 aromatic heterocycles. The van der Waals surface area contributed by atoms with Crippen LogP contribution in [0.3, 0.4) is 0 Å². The van der Waals surface area contributed by atoms with Gasteiger partial charge in [-0.05, 0) is 94.3 Å². The molecule has 2 rings (SSSR count). The molecule has 0 saturated heterocycles. The van der Waals surface area contributed by atoms with Gasteiger partial charge in [0.1, 0.15) is 30.3 Å². The van der Waals surface area contributed by atoms with Gasteiger partial charge in [-0.3, -0.25) is 24.8 Å². The molecular weight excluding hydrogens is 749 g/mol. The molecule has 1 unspecified atom stereocenters. The summed E-state index contributed by atoms with van der Waals surface area (Å²) in [6.07, 6.45) is 4.58. The molecule has 13 nitrogen and oxygen atoms in total. The molecule has 300 valence electrons. The van der Waals surface area contributed by atoms with E-state index in [1.807, 2.05) is 20.8 Å². The second kappa shape index (κ2) is 21.9. The number of carbonyl (C=O) groups is 4. The first-order chi connectivity index (χ1) is 25.8. The van der Waals surface area contributed by atoms with E-state index in [-0.39, 0.29) is 47.0 Å². The number of halogens is 2. The number of unbranched alkanes of at least 4 members (excludes halogenated alkanes) is 2. The molecule has 55 heavy (non-hydrogen) atoms. The normalized spacial score (nSPS) is 12.6. The van der Waals surface area contributed by atoms with Crippen LogP contribution >= 0.6 is 23.2 Å². The highest BCUT2D eigenvalue weighted by Crippen LogP contribution is 2.41. The number of amides is 4. The van der Waals surface area contributed by atoms with Crippen LogP contribution in [0.5, 0.6) is 5.75 Å². The number of ether oxygens (including phenoxy) is 2. The molecule has 0 bridgehead atoms. The third-order valence-corrected chi connectivity index (χ3v) is 8.07. The number of hydrogen-bond acceptors (Lipinski definition) is 8. The number of carbonyl (C=O) groups excluding carboxylic acids is 3. The van der Waals surface area contributed by atoms with Crippen molar-refractivity contribution in [3.05, 3.63) is 89.0 Å². The summed E-state index contributed by atoms with van der Waals surface area (Å²) in [5.41, 5.74) is 2.58. The summed E-state index contributed by atoms with van der Waals surface area (Å²) in [6.45, 7) is 20.4. The molecule has 2 aromatic carbocycles. The van der Waals surface area contributed by atoms with E-state index in [1.54, 1.807) is 64.1 Å². The number of benzene rings is 2. The highest BCUT2D eigenvalue weighted by atomic mass is 35.5. The van der Waals surface area contributed by atoms with Crippen molar-refractivity contribution in [3.63, 3.8) is 0 Å². The first-order valence-electron chi connectivity index (χ1n) is 17.7. The Bertz CT molecular complexity index is 1710. The number of amidine groups is 1. The number of rotatable bonds is 18. The van der Waals surface area contributed by atoms with E-state index in [1.165, 1.54) is 23.1 Å². The van der Waals surface area contributed by atoms with E-state index in [2.05, 4.69) is 34.3 Å². The molecule has 0 fully saturated rings. The largest absolute Gasteiger partial charge is 0.490 e. The first kappa shape index (κ1) is 46.3. The van der Waals surface area contributed by atoms with Crippen molar-refractivity contribution in [1.29, 1.82) is 0 Å². The fourth-order valence-corrected chi connectivity index (χ4v) is 5.82. The van der Waals surface area contributed by atoms with Crippen LogP contribution in [0.15, 0.2) is 72.8 Å². The monoisotopic (exact) mass is 801 g/mol. The second-order valence-corrected chi connectivity index (χ2v) is 15.2. The average molecular weight is 803 g/mol. The summed E-state index contributed by atoms with van der Waals surface area (Å²) in [5, 5.41) is 15.2. The minimum Gasteiger partial charge on any atom is -0.490 e. The van der Waals surface area contributed by atoms with Crippen molar-refractivity contribution in [2.45, 2.75) is 79.2 Å². The quantitative estimate of drug-likeness (QED) is 0.0287. The van der Waals surface area contributed by atoms with Crippen molar-refractivity contribution in [2.24, 2.45) is 10.4 Å². The van der Waals surface area contributed by atoms with Crippen LogP contribution in [0.1, 0.15) is 84.8 Å². The summed E-state index contributed by atoms with van der Waals surface area (Å²) >= 11 is 13.4. The SMILES string of the molecule is C=CCCCCN(CC(=O)Nc1c(Cl)cc(C(C(=NC(=O)O)NC(=O)C=C(NOCC)c2ccc(OCC=C)cc2)C(C)(C)C)cc1Cl)C(=O)OC(C)(C)C. The van der Waals surface area contributed by atoms with Gasteiger partial charge in [-0.15, -0.1) is 6.58 Å². The Morgan fingerprint density at radius 3 is 2.15 bits per heavy atom. The van der Waals surface area contributed by atoms with Crippen LogP contribution in [0.2, 0.25) is 10.0 Å². The second-order valence-electron chi connectivity index (χ2n) is 14.4. The number of hydroxylamine groups is 1. The fraction of sp³-hybridized carbons (Fsp3) is 0.425. The summed E-state index contributed by atoms with van der Waals surface area (Å²) in [6, 6.07) is 9.89. The summed E-state index contributed by atoms with van der Waals surface area (Å²) < 4.78 is 11.1. The molecule has 0 heterocycles. The Morgan fingerprint density at radius 1 is 0.982 bits per heavy atom. The number of carboxylic acid groups (broad SMARTS) is 1. The number of aliphatic imine (C=N–C) groups is 1. The molecule has 0 aliphatic carbocycles. The van der Waals surface area contributed by atoms with Crippen molar-refractivity contribution >= 4 is 64.4 Å². The molecule has 0 spiro atoms. The van der Waals surface area contributed by atoms with Crippen LogP contribution in [-0.4, -0.2) is 71.7 Å². The minimum absolute atomic E-state index is 0.0320. The zero-order chi connectivity index (χ0) is 41.3. The lowest BCUT2D eigenvalue weighted by Crippen LogP contribution is -2.42. The molecule has 0 aliphatic heterocycles. The van der Waals surface area contributed by atoms with Gasteiger partial charge < -0.3 is 25.2 Å². The van der Waals surface area contributed by atoms with Gasteiger partial charge in [0, 0.05) is 24.1 Å². The topological polar surface area (TPSA) is 168 Å². The zero-order valence-corrected chi connectivity index (χ0v) is 34.1. The van der Waals surface area contributed by atoms with Gasteiger partial charge in [-0.25, -0.2) is 9.59 Å². The Hall–Kier alpha value is -4.85. The third-order valence-electron chi connectivity index (χ3n) is 7.48. The molecule has 0 aliphatic rings. The lowest BCUT2D eigenvalue weighted by molar-refractivity contribution is -0.117. The van der Waals surface area contributed by atoms with E-state index >= 15 is 0 Å². The average Bonchev–Trinajstić information content (AvgIpc) is 3.07. The van der Waals surface area contributed by atoms with Gasteiger partial charge in [-0.1, -0.05) is 62.7 Å². The maximum atomic E-state index is 13.5. The summed E-state index contributed by atoms with van der Waals surface area (Å²) in [5.74, 6) is -1.75.